The van der Waals surface area contributed by atoms with Crippen LogP contribution in [0, 0.1) is 5.41 Å². The number of halogens is 1. The van der Waals surface area contributed by atoms with Gasteiger partial charge in [0.15, 0.2) is 0 Å². The normalized spacial score (nSPS) is 27.8. The molecule has 1 nitrogen and oxygen atoms in total. The van der Waals surface area contributed by atoms with Gasteiger partial charge in [-0.15, -0.1) is 0 Å². The number of hydrogen-bond acceptors (Lipinski definition) is 1. The summed E-state index contributed by atoms with van der Waals surface area (Å²) < 4.78 is 0. The molecule has 0 amide bonds. The van der Waals surface area contributed by atoms with Gasteiger partial charge in [-0.25, -0.2) is 0 Å². The van der Waals surface area contributed by atoms with Crippen molar-refractivity contribution in [2.45, 2.75) is 57.9 Å². The molecule has 1 aromatic rings. The fraction of sp³-hybridized carbons (Fsp3) is 0.625. The zero-order valence-corrected chi connectivity index (χ0v) is 12.3. The Morgan fingerprint density at radius 3 is 2.39 bits per heavy atom. The fourth-order valence-corrected chi connectivity index (χ4v) is 3.07. The van der Waals surface area contributed by atoms with Gasteiger partial charge in [0.2, 0.25) is 0 Å². The van der Waals surface area contributed by atoms with E-state index in [1.54, 1.807) is 0 Å². The van der Waals surface area contributed by atoms with E-state index < -0.39 is 0 Å². The zero-order chi connectivity index (χ0) is 13.2. The summed E-state index contributed by atoms with van der Waals surface area (Å²) in [5, 5.41) is 0.798. The van der Waals surface area contributed by atoms with Crippen LogP contribution in [0.1, 0.15) is 51.5 Å². The number of benzene rings is 1. The highest BCUT2D eigenvalue weighted by Crippen LogP contribution is 2.38. The molecule has 0 bridgehead atoms. The highest BCUT2D eigenvalue weighted by molar-refractivity contribution is 6.30. The summed E-state index contributed by atoms with van der Waals surface area (Å²) in [5.74, 6) is 0. The zero-order valence-electron chi connectivity index (χ0n) is 11.5. The Kier molecular flexibility index (Phi) is 4.03. The molecule has 0 aliphatic heterocycles. The summed E-state index contributed by atoms with van der Waals surface area (Å²) in [7, 11) is 0. The Hall–Kier alpha value is -0.530. The summed E-state index contributed by atoms with van der Waals surface area (Å²) in [5.41, 5.74) is 8.36. The first-order chi connectivity index (χ1) is 8.39. The lowest BCUT2D eigenvalue weighted by molar-refractivity contribution is 0.297. The molecule has 1 saturated carbocycles. The second kappa shape index (κ2) is 5.22. The van der Waals surface area contributed by atoms with E-state index in [1.807, 2.05) is 12.1 Å². The van der Waals surface area contributed by atoms with Gasteiger partial charge in [-0.05, 0) is 55.2 Å². The number of nitrogens with two attached hydrogens (primary N) is 1. The van der Waals surface area contributed by atoms with Crippen molar-refractivity contribution in [2.75, 3.05) is 0 Å². The molecule has 0 saturated heterocycles. The molecule has 1 aliphatic rings. The van der Waals surface area contributed by atoms with Gasteiger partial charge in [0, 0.05) is 10.6 Å². The van der Waals surface area contributed by atoms with Crippen molar-refractivity contribution in [3.8, 4) is 0 Å². The highest BCUT2D eigenvalue weighted by Gasteiger charge is 2.32. The lowest BCUT2D eigenvalue weighted by atomic mass is 9.82. The Morgan fingerprint density at radius 1 is 1.06 bits per heavy atom. The minimum atomic E-state index is -0.0262. The van der Waals surface area contributed by atoms with Gasteiger partial charge in [0.1, 0.15) is 0 Å². The van der Waals surface area contributed by atoms with Crippen LogP contribution in [0.25, 0.3) is 0 Å². The van der Waals surface area contributed by atoms with Crippen molar-refractivity contribution in [1.82, 2.24) is 0 Å². The third kappa shape index (κ3) is 3.73. The average Bonchev–Trinajstić information content (AvgIpc) is 2.42. The van der Waals surface area contributed by atoms with Crippen molar-refractivity contribution >= 4 is 11.6 Å². The van der Waals surface area contributed by atoms with E-state index in [4.69, 9.17) is 17.3 Å². The van der Waals surface area contributed by atoms with Crippen LogP contribution in [0.3, 0.4) is 0 Å². The second-order valence-electron chi connectivity index (χ2n) is 6.68. The van der Waals surface area contributed by atoms with Crippen LogP contribution >= 0.6 is 11.6 Å². The first-order valence-electron chi connectivity index (χ1n) is 6.92. The molecule has 1 aliphatic carbocycles. The molecule has 1 unspecified atom stereocenters. The summed E-state index contributed by atoms with van der Waals surface area (Å²) in [6.45, 7) is 4.72. The molecule has 1 fully saturated rings. The van der Waals surface area contributed by atoms with Crippen LogP contribution in [0.4, 0.5) is 0 Å². The molecule has 1 atom stereocenters. The highest BCUT2D eigenvalue weighted by atomic mass is 35.5. The average molecular weight is 266 g/mol. The molecule has 2 N–H and O–H groups in total. The van der Waals surface area contributed by atoms with Crippen LogP contribution in [0.2, 0.25) is 5.02 Å². The molecular formula is C16H24ClN. The standard InChI is InChI=1S/C16H24ClN/c1-15(2)8-3-9-16(18,11-10-15)12-13-4-6-14(17)7-5-13/h4-7H,3,8-12,18H2,1-2H3. The van der Waals surface area contributed by atoms with Crippen molar-refractivity contribution < 1.29 is 0 Å². The second-order valence-corrected chi connectivity index (χ2v) is 7.12. The molecule has 0 aromatic heterocycles. The topological polar surface area (TPSA) is 26.0 Å². The molecule has 1 aromatic carbocycles. The molecule has 0 spiro atoms. The largest absolute Gasteiger partial charge is 0.325 e. The van der Waals surface area contributed by atoms with Crippen LogP contribution in [0.15, 0.2) is 24.3 Å². The van der Waals surface area contributed by atoms with Gasteiger partial charge in [-0.1, -0.05) is 44.0 Å². The van der Waals surface area contributed by atoms with Gasteiger partial charge in [-0.3, -0.25) is 0 Å². The molecule has 0 heterocycles. The third-order valence-corrected chi connectivity index (χ3v) is 4.55. The quantitative estimate of drug-likeness (QED) is 0.779. The fourth-order valence-electron chi connectivity index (χ4n) is 2.94. The number of rotatable bonds is 2. The Labute approximate surface area is 116 Å². The molecule has 100 valence electrons. The maximum atomic E-state index is 6.62. The van der Waals surface area contributed by atoms with E-state index in [0.717, 1.165) is 24.3 Å². The van der Waals surface area contributed by atoms with Crippen molar-refractivity contribution in [2.24, 2.45) is 11.1 Å². The number of hydrogen-bond donors (Lipinski definition) is 1. The van der Waals surface area contributed by atoms with Crippen LogP contribution in [0.5, 0.6) is 0 Å². The maximum absolute atomic E-state index is 6.62. The summed E-state index contributed by atoms with van der Waals surface area (Å²) in [6, 6.07) is 8.13. The van der Waals surface area contributed by atoms with E-state index >= 15 is 0 Å². The van der Waals surface area contributed by atoms with Gasteiger partial charge in [0.05, 0.1) is 0 Å². The molecular weight excluding hydrogens is 242 g/mol. The van der Waals surface area contributed by atoms with E-state index in [1.165, 1.54) is 24.8 Å². The van der Waals surface area contributed by atoms with E-state index in [2.05, 4.69) is 26.0 Å². The summed E-state index contributed by atoms with van der Waals surface area (Å²) in [6.07, 6.45) is 7.02. The molecule has 18 heavy (non-hydrogen) atoms. The maximum Gasteiger partial charge on any atom is 0.0406 e. The van der Waals surface area contributed by atoms with E-state index in [9.17, 15) is 0 Å². The smallest absolute Gasteiger partial charge is 0.0406 e. The monoisotopic (exact) mass is 265 g/mol. The lowest BCUT2D eigenvalue weighted by Gasteiger charge is -2.29. The van der Waals surface area contributed by atoms with Crippen LogP contribution < -0.4 is 5.73 Å². The van der Waals surface area contributed by atoms with Gasteiger partial charge >= 0.3 is 0 Å². The first-order valence-corrected chi connectivity index (χ1v) is 7.30. The Morgan fingerprint density at radius 2 is 1.72 bits per heavy atom. The van der Waals surface area contributed by atoms with Gasteiger partial charge in [-0.2, -0.15) is 0 Å². The molecule has 2 rings (SSSR count). The Bertz CT molecular complexity index is 396. The molecule has 0 radical (unpaired) electrons. The first kappa shape index (κ1) is 13.9. The van der Waals surface area contributed by atoms with Gasteiger partial charge < -0.3 is 5.73 Å². The van der Waals surface area contributed by atoms with Crippen LogP contribution in [-0.4, -0.2) is 5.54 Å². The van der Waals surface area contributed by atoms with Crippen molar-refractivity contribution in [1.29, 1.82) is 0 Å². The van der Waals surface area contributed by atoms with E-state index in [0.29, 0.717) is 5.41 Å². The minimum absolute atomic E-state index is 0.0262. The summed E-state index contributed by atoms with van der Waals surface area (Å²) in [4.78, 5) is 0. The third-order valence-electron chi connectivity index (χ3n) is 4.30. The van der Waals surface area contributed by atoms with Crippen molar-refractivity contribution in [3.63, 3.8) is 0 Å². The summed E-state index contributed by atoms with van der Waals surface area (Å²) >= 11 is 5.92. The SMILES string of the molecule is CC1(C)CCCC(N)(Cc2ccc(Cl)cc2)CC1. The Balaban J connectivity index is 2.05. The van der Waals surface area contributed by atoms with E-state index in [-0.39, 0.29) is 5.54 Å². The predicted octanol–water partition coefficient (Wildman–Crippen LogP) is 4.57. The van der Waals surface area contributed by atoms with Crippen molar-refractivity contribution in [3.05, 3.63) is 34.9 Å². The minimum Gasteiger partial charge on any atom is -0.325 e. The van der Waals surface area contributed by atoms with Crippen LogP contribution in [-0.2, 0) is 6.42 Å². The lowest BCUT2D eigenvalue weighted by Crippen LogP contribution is -2.41. The predicted molar refractivity (Wildman–Crippen MR) is 78.9 cm³/mol. The van der Waals surface area contributed by atoms with Gasteiger partial charge in [0.25, 0.3) is 0 Å². The molecule has 2 heteroatoms.